The van der Waals surface area contributed by atoms with Gasteiger partial charge in [0.1, 0.15) is 0 Å². The van der Waals surface area contributed by atoms with Crippen molar-refractivity contribution in [3.63, 3.8) is 0 Å². The van der Waals surface area contributed by atoms with E-state index in [-0.39, 0.29) is 0 Å². The zero-order valence-corrected chi connectivity index (χ0v) is 30.1. The molecule has 224 valence electrons. The molecule has 9 heteroatoms. The molecule has 6 rings (SSSR count). The highest BCUT2D eigenvalue weighted by Gasteiger charge is 2.53. The van der Waals surface area contributed by atoms with Crippen LogP contribution in [-0.4, -0.2) is 16.6 Å². The van der Waals surface area contributed by atoms with Gasteiger partial charge in [-0.1, -0.05) is 142 Å². The maximum Gasteiger partial charge on any atom is 0.278 e. The lowest BCUT2D eigenvalue weighted by Crippen LogP contribution is -2.81. The summed E-state index contributed by atoms with van der Waals surface area (Å²) >= 11 is 38.8. The van der Waals surface area contributed by atoms with E-state index in [2.05, 4.69) is 72.8 Å². The Bertz CT molecular complexity index is 1530. The lowest BCUT2D eigenvalue weighted by Gasteiger charge is -2.44. The molecule has 0 radical (unpaired) electrons. The van der Waals surface area contributed by atoms with E-state index in [4.69, 9.17) is 73.7 Å². The molecule has 0 bridgehead atoms. The molecule has 0 aromatic heterocycles. The smallest absolute Gasteiger partial charge is 0.278 e. The molecule has 0 N–H and O–H groups in total. The van der Waals surface area contributed by atoms with Crippen LogP contribution in [0.3, 0.4) is 0 Å². The Morgan fingerprint density at radius 3 is 0.511 bits per heavy atom. The van der Waals surface area contributed by atoms with Crippen molar-refractivity contribution in [1.29, 1.82) is 0 Å². The van der Waals surface area contributed by atoms with E-state index in [1.165, 1.54) is 0 Å². The van der Waals surface area contributed by atoms with Crippen LogP contribution in [-0.2, 0) is 4.12 Å². The van der Waals surface area contributed by atoms with Crippen molar-refractivity contribution in [3.05, 3.63) is 176 Å². The summed E-state index contributed by atoms with van der Waals surface area (Å²) in [6.07, 6.45) is 0. The van der Waals surface area contributed by atoms with Crippen LogP contribution in [0.2, 0.25) is 30.1 Å². The highest BCUT2D eigenvalue weighted by molar-refractivity contribution is 7.18. The van der Waals surface area contributed by atoms with Crippen LogP contribution < -0.4 is 31.1 Å². The van der Waals surface area contributed by atoms with Crippen LogP contribution in [0.25, 0.3) is 0 Å². The second-order valence-corrected chi connectivity index (χ2v) is 20.1. The van der Waals surface area contributed by atoms with E-state index in [9.17, 15) is 0 Å². The van der Waals surface area contributed by atoms with Crippen molar-refractivity contribution < 1.29 is 4.12 Å². The standard InChI is InChI=1S/C36H24Cl6OSi2/c37-25-1-13-31(14-2-25)44(32-15-3-26(38)4-16-32,33-17-5-27(39)6-18-33)43-45(34-19-7-28(40)8-20-34,35-21-9-29(41)10-22-35)36-23-11-30(42)12-24-36/h1-24H. The average molecular weight is 741 g/mol. The average Bonchev–Trinajstić information content (AvgIpc) is 3.05. The van der Waals surface area contributed by atoms with Crippen LogP contribution in [0, 0.1) is 0 Å². The third-order valence-electron chi connectivity index (χ3n) is 7.81. The fraction of sp³-hybridized carbons (Fsp3) is 0. The summed E-state index contributed by atoms with van der Waals surface area (Å²) in [5.74, 6) is 0. The number of hydrogen-bond acceptors (Lipinski definition) is 1. The van der Waals surface area contributed by atoms with Gasteiger partial charge in [-0.05, 0) is 104 Å². The summed E-state index contributed by atoms with van der Waals surface area (Å²) in [6, 6.07) is 47.6. The highest BCUT2D eigenvalue weighted by atomic mass is 35.5. The van der Waals surface area contributed by atoms with Gasteiger partial charge in [0.05, 0.1) is 0 Å². The number of benzene rings is 6. The van der Waals surface area contributed by atoms with Gasteiger partial charge in [-0.3, -0.25) is 0 Å². The molecule has 0 saturated heterocycles. The highest BCUT2D eigenvalue weighted by Crippen LogP contribution is 2.23. The number of halogens is 6. The minimum absolute atomic E-state index is 0.630. The molecular weight excluding hydrogens is 717 g/mol. The first-order valence-corrected chi connectivity index (χ1v) is 20.1. The van der Waals surface area contributed by atoms with Gasteiger partial charge in [0.15, 0.2) is 0 Å². The summed E-state index contributed by atoms with van der Waals surface area (Å²) in [7, 11) is -6.86. The molecule has 0 aliphatic carbocycles. The number of hydrogen-bond donors (Lipinski definition) is 0. The van der Waals surface area contributed by atoms with Gasteiger partial charge in [-0.25, -0.2) is 0 Å². The molecule has 0 aliphatic heterocycles. The Morgan fingerprint density at radius 2 is 0.378 bits per heavy atom. The third kappa shape index (κ3) is 6.52. The van der Waals surface area contributed by atoms with Gasteiger partial charge < -0.3 is 4.12 Å². The Hall–Kier alpha value is -2.55. The molecule has 6 aromatic rings. The van der Waals surface area contributed by atoms with Crippen LogP contribution in [0.4, 0.5) is 0 Å². The lowest BCUT2D eigenvalue weighted by atomic mass is 10.3. The molecule has 0 fully saturated rings. The van der Waals surface area contributed by atoms with Gasteiger partial charge >= 0.3 is 0 Å². The Balaban J connectivity index is 1.78. The summed E-state index contributed by atoms with van der Waals surface area (Å²) < 4.78 is 8.20. The van der Waals surface area contributed by atoms with Crippen LogP contribution in [0.15, 0.2) is 146 Å². The molecule has 0 spiro atoms. The van der Waals surface area contributed by atoms with Gasteiger partial charge in [0.2, 0.25) is 0 Å². The van der Waals surface area contributed by atoms with Crippen molar-refractivity contribution in [2.24, 2.45) is 0 Å². The van der Waals surface area contributed by atoms with E-state index in [1.54, 1.807) is 0 Å². The normalized spacial score (nSPS) is 11.9. The van der Waals surface area contributed by atoms with Gasteiger partial charge in [-0.15, -0.1) is 0 Å². The fourth-order valence-corrected chi connectivity index (χ4v) is 16.9. The van der Waals surface area contributed by atoms with Crippen LogP contribution >= 0.6 is 69.6 Å². The second-order valence-electron chi connectivity index (χ2n) is 10.5. The molecule has 0 atom stereocenters. The van der Waals surface area contributed by atoms with Gasteiger partial charge in [0, 0.05) is 30.1 Å². The molecule has 0 heterocycles. The molecule has 45 heavy (non-hydrogen) atoms. The van der Waals surface area contributed by atoms with Gasteiger partial charge in [-0.2, -0.15) is 0 Å². The molecule has 0 saturated carbocycles. The van der Waals surface area contributed by atoms with Crippen molar-refractivity contribution in [1.82, 2.24) is 0 Å². The first kappa shape index (κ1) is 32.4. The van der Waals surface area contributed by atoms with E-state index in [0.29, 0.717) is 30.1 Å². The van der Waals surface area contributed by atoms with Crippen molar-refractivity contribution in [2.45, 2.75) is 0 Å². The molecular formula is C36H24Cl6OSi2. The quantitative estimate of drug-likeness (QED) is 0.113. The van der Waals surface area contributed by atoms with E-state index in [0.717, 1.165) is 31.1 Å². The Labute approximate surface area is 295 Å². The predicted molar refractivity (Wildman–Crippen MR) is 199 cm³/mol. The third-order valence-corrected chi connectivity index (χ3v) is 18.7. The summed E-state index contributed by atoms with van der Waals surface area (Å²) in [6.45, 7) is 0. The fourth-order valence-electron chi connectivity index (χ4n) is 5.69. The summed E-state index contributed by atoms with van der Waals surface area (Å²) in [5.41, 5.74) is 0. The molecule has 1 nitrogen and oxygen atoms in total. The van der Waals surface area contributed by atoms with Gasteiger partial charge in [0.25, 0.3) is 16.6 Å². The monoisotopic (exact) mass is 738 g/mol. The maximum atomic E-state index is 8.20. The molecule has 0 amide bonds. The zero-order valence-electron chi connectivity index (χ0n) is 23.5. The predicted octanol–water partition coefficient (Wildman–Crippen LogP) is 8.26. The summed E-state index contributed by atoms with van der Waals surface area (Å²) in [5, 5.41) is 9.81. The first-order chi connectivity index (χ1) is 21.7. The minimum Gasteiger partial charge on any atom is -0.435 e. The largest absolute Gasteiger partial charge is 0.435 e. The number of rotatable bonds is 8. The Kier molecular flexibility index (Phi) is 9.84. The first-order valence-electron chi connectivity index (χ1n) is 14.0. The van der Waals surface area contributed by atoms with E-state index >= 15 is 0 Å². The second kappa shape index (κ2) is 13.7. The zero-order chi connectivity index (χ0) is 31.6. The minimum atomic E-state index is -3.43. The van der Waals surface area contributed by atoms with Crippen molar-refractivity contribution >= 4 is 117 Å². The maximum absolute atomic E-state index is 8.20. The van der Waals surface area contributed by atoms with E-state index < -0.39 is 16.6 Å². The topological polar surface area (TPSA) is 9.23 Å². The Morgan fingerprint density at radius 1 is 0.244 bits per heavy atom. The van der Waals surface area contributed by atoms with E-state index in [1.807, 2.05) is 72.8 Å². The molecule has 6 aromatic carbocycles. The van der Waals surface area contributed by atoms with Crippen molar-refractivity contribution in [2.75, 3.05) is 0 Å². The SMILES string of the molecule is Clc1ccc([Si](O[Si](c2ccc(Cl)cc2)(c2ccc(Cl)cc2)c2ccc(Cl)cc2)(c2ccc(Cl)cc2)c2ccc(Cl)cc2)cc1. The summed E-state index contributed by atoms with van der Waals surface area (Å²) in [4.78, 5) is 0. The van der Waals surface area contributed by atoms with Crippen molar-refractivity contribution in [3.8, 4) is 0 Å². The van der Waals surface area contributed by atoms with Crippen LogP contribution in [0.5, 0.6) is 0 Å². The molecule has 0 aliphatic rings. The molecule has 0 unspecified atom stereocenters. The lowest BCUT2D eigenvalue weighted by molar-refractivity contribution is 0.600. The van der Waals surface area contributed by atoms with Crippen LogP contribution in [0.1, 0.15) is 0 Å².